The normalized spacial score (nSPS) is 12.0. The maximum Gasteiger partial charge on any atom is 0.285 e. The fraction of sp³-hybridized carbons (Fsp3) is 0.333. The second kappa shape index (κ2) is 3.39. The Morgan fingerprint density at radius 3 is 2.33 bits per heavy atom. The fourth-order valence-electron chi connectivity index (χ4n) is 0.243. The van der Waals surface area contributed by atoms with Gasteiger partial charge in [-0.1, -0.05) is 18.9 Å². The molecule has 9 heavy (non-hydrogen) atoms. The Hall–Kier alpha value is 0.200. The molecule has 4 N–H and O–H groups in total. The predicted molar refractivity (Wildman–Crippen MR) is 41.9 cm³/mol. The molecule has 0 amide bonds. The highest BCUT2D eigenvalue weighted by Crippen LogP contribution is 2.32. The summed E-state index contributed by atoms with van der Waals surface area (Å²) >= 11 is 3.74. The molecule has 0 unspecified atom stereocenters. The van der Waals surface area contributed by atoms with Crippen molar-refractivity contribution in [3.8, 4) is 0 Å². The van der Waals surface area contributed by atoms with Crippen LogP contribution in [0.4, 0.5) is 0 Å². The number of nitrogens with two attached hydrogens (primary N) is 2. The van der Waals surface area contributed by atoms with Crippen LogP contribution in [0.1, 0.15) is 0 Å². The first-order valence-electron chi connectivity index (χ1n) is 2.23. The van der Waals surface area contributed by atoms with E-state index in [0.717, 1.165) is 4.08 Å². The second-order valence-corrected chi connectivity index (χ2v) is 4.14. The maximum atomic E-state index is 10.7. The molecule has 0 aromatic heterocycles. The molecule has 0 rings (SSSR count). The molecule has 0 fully saturated rings. The molecule has 0 aromatic rings. The van der Waals surface area contributed by atoms with Crippen LogP contribution < -0.4 is 11.0 Å². The van der Waals surface area contributed by atoms with Gasteiger partial charge in [-0.2, -0.15) is 4.08 Å². The monoisotopic (exact) mass is 167 g/mol. The van der Waals surface area contributed by atoms with Gasteiger partial charge in [-0.15, -0.1) is 6.58 Å². The standard InChI is InChI=1S/C3H10N3OPS/c1-2-3-6(9)8(4,5)7/h2,9H,1,3H2,(H4,4,5,7). The van der Waals surface area contributed by atoms with E-state index in [1.165, 1.54) is 6.08 Å². The van der Waals surface area contributed by atoms with Gasteiger partial charge in [0.1, 0.15) is 0 Å². The van der Waals surface area contributed by atoms with E-state index in [2.05, 4.69) is 19.4 Å². The Morgan fingerprint density at radius 1 is 1.78 bits per heavy atom. The van der Waals surface area contributed by atoms with Crippen LogP contribution in [0.15, 0.2) is 12.7 Å². The van der Waals surface area contributed by atoms with E-state index in [-0.39, 0.29) is 0 Å². The van der Waals surface area contributed by atoms with Crippen LogP contribution in [0.5, 0.6) is 0 Å². The molecule has 0 bridgehead atoms. The van der Waals surface area contributed by atoms with E-state index in [0.29, 0.717) is 6.54 Å². The molecule has 4 nitrogen and oxygen atoms in total. The van der Waals surface area contributed by atoms with Crippen molar-refractivity contribution in [3.63, 3.8) is 0 Å². The van der Waals surface area contributed by atoms with Crippen molar-refractivity contribution in [2.24, 2.45) is 11.0 Å². The Morgan fingerprint density at radius 2 is 2.22 bits per heavy atom. The maximum absolute atomic E-state index is 10.7. The van der Waals surface area contributed by atoms with Crippen LogP contribution in [-0.2, 0) is 4.57 Å². The topological polar surface area (TPSA) is 72.3 Å². The van der Waals surface area contributed by atoms with Crippen LogP contribution in [0.2, 0.25) is 0 Å². The van der Waals surface area contributed by atoms with E-state index in [9.17, 15) is 4.57 Å². The van der Waals surface area contributed by atoms with Gasteiger partial charge < -0.3 is 0 Å². The lowest BCUT2D eigenvalue weighted by Crippen LogP contribution is -2.20. The first-order valence-corrected chi connectivity index (χ1v) is 4.43. The average molecular weight is 167 g/mol. The first kappa shape index (κ1) is 9.20. The van der Waals surface area contributed by atoms with Crippen molar-refractivity contribution in [3.05, 3.63) is 12.7 Å². The Balaban J connectivity index is 3.88. The largest absolute Gasteiger partial charge is 0.285 e. The van der Waals surface area contributed by atoms with Gasteiger partial charge in [0, 0.05) is 6.54 Å². The summed E-state index contributed by atoms with van der Waals surface area (Å²) in [5, 5.41) is 0. The van der Waals surface area contributed by atoms with Gasteiger partial charge in [0.15, 0.2) is 0 Å². The van der Waals surface area contributed by atoms with Gasteiger partial charge in [-0.3, -0.25) is 15.6 Å². The summed E-state index contributed by atoms with van der Waals surface area (Å²) in [6, 6.07) is 0. The van der Waals surface area contributed by atoms with Crippen LogP contribution in [0.25, 0.3) is 0 Å². The SMILES string of the molecule is C=CCN(S)P(N)(N)=O. The molecular formula is C3H10N3OPS. The summed E-state index contributed by atoms with van der Waals surface area (Å²) < 4.78 is 11.7. The van der Waals surface area contributed by atoms with E-state index in [4.69, 9.17) is 11.0 Å². The summed E-state index contributed by atoms with van der Waals surface area (Å²) in [6.45, 7) is 3.70. The molecule has 0 atom stereocenters. The molecule has 0 heterocycles. The summed E-state index contributed by atoms with van der Waals surface area (Å²) in [6.07, 6.45) is 1.51. The molecule has 6 heteroatoms. The number of nitrogens with zero attached hydrogens (tertiary/aromatic N) is 1. The zero-order valence-electron chi connectivity index (χ0n) is 4.90. The molecule has 0 aliphatic heterocycles. The smallest absolute Gasteiger partial charge is 0.270 e. The van der Waals surface area contributed by atoms with E-state index in [1.54, 1.807) is 0 Å². The highest BCUT2D eigenvalue weighted by Gasteiger charge is 2.14. The van der Waals surface area contributed by atoms with Gasteiger partial charge in [-0.05, 0) is 0 Å². The Kier molecular flexibility index (Phi) is 3.46. The van der Waals surface area contributed by atoms with E-state index in [1.807, 2.05) is 0 Å². The lowest BCUT2D eigenvalue weighted by atomic mass is 10.7. The van der Waals surface area contributed by atoms with Crippen molar-refractivity contribution in [2.75, 3.05) is 6.54 Å². The highest BCUT2D eigenvalue weighted by molar-refractivity contribution is 7.85. The van der Waals surface area contributed by atoms with Crippen molar-refractivity contribution in [1.29, 1.82) is 0 Å². The molecule has 0 aromatic carbocycles. The second-order valence-electron chi connectivity index (χ2n) is 1.52. The molecule has 0 saturated heterocycles. The van der Waals surface area contributed by atoms with Crippen LogP contribution in [0.3, 0.4) is 0 Å². The molecule has 0 aliphatic rings. The summed E-state index contributed by atoms with van der Waals surface area (Å²) in [5.74, 6) is 0. The zero-order chi connectivity index (χ0) is 7.49. The molecule has 0 spiro atoms. The minimum atomic E-state index is -3.15. The number of hydrogen-bond acceptors (Lipinski definition) is 2. The van der Waals surface area contributed by atoms with Crippen molar-refractivity contribution >= 4 is 20.4 Å². The fourth-order valence-corrected chi connectivity index (χ4v) is 0.729. The van der Waals surface area contributed by atoms with Gasteiger partial charge in [0.25, 0.3) is 7.59 Å². The lowest BCUT2D eigenvalue weighted by molar-refractivity contribution is 0.547. The van der Waals surface area contributed by atoms with E-state index >= 15 is 0 Å². The van der Waals surface area contributed by atoms with Crippen molar-refractivity contribution in [2.45, 2.75) is 0 Å². The summed E-state index contributed by atoms with van der Waals surface area (Å²) in [5.41, 5.74) is 10.0. The van der Waals surface area contributed by atoms with Crippen LogP contribution in [0, 0.1) is 0 Å². The van der Waals surface area contributed by atoms with E-state index < -0.39 is 7.59 Å². The summed E-state index contributed by atoms with van der Waals surface area (Å²) in [7, 11) is -3.15. The molecule has 54 valence electrons. The third-order valence-electron chi connectivity index (χ3n) is 0.653. The van der Waals surface area contributed by atoms with Gasteiger partial charge >= 0.3 is 0 Å². The summed E-state index contributed by atoms with van der Waals surface area (Å²) in [4.78, 5) is 0. The predicted octanol–water partition coefficient (Wildman–Crippen LogP) is 0.345. The molecular weight excluding hydrogens is 157 g/mol. The van der Waals surface area contributed by atoms with Gasteiger partial charge in [0.2, 0.25) is 0 Å². The number of hydrogen-bond donors (Lipinski definition) is 3. The van der Waals surface area contributed by atoms with Crippen LogP contribution in [-0.4, -0.2) is 10.6 Å². The third-order valence-corrected chi connectivity index (χ3v) is 2.54. The van der Waals surface area contributed by atoms with Crippen molar-refractivity contribution in [1.82, 2.24) is 4.08 Å². The number of thiol groups is 1. The molecule has 0 saturated carbocycles. The average Bonchev–Trinajstić information content (AvgIpc) is 1.64. The molecule has 0 radical (unpaired) electrons. The Labute approximate surface area is 60.0 Å². The third kappa shape index (κ3) is 3.72. The minimum Gasteiger partial charge on any atom is -0.270 e. The zero-order valence-corrected chi connectivity index (χ0v) is 6.69. The highest BCUT2D eigenvalue weighted by atomic mass is 32.1. The van der Waals surface area contributed by atoms with Gasteiger partial charge in [0.05, 0.1) is 0 Å². The van der Waals surface area contributed by atoms with Crippen molar-refractivity contribution < 1.29 is 4.57 Å². The lowest BCUT2D eigenvalue weighted by Gasteiger charge is -2.15. The van der Waals surface area contributed by atoms with Gasteiger partial charge in [-0.25, -0.2) is 0 Å². The van der Waals surface area contributed by atoms with Crippen LogP contribution >= 0.6 is 20.4 Å². The number of rotatable bonds is 3. The molecule has 0 aliphatic carbocycles. The first-order chi connectivity index (χ1) is 3.98. The minimum absolute atomic E-state index is 0.313. The Bertz CT molecular complexity index is 144. The quantitative estimate of drug-likeness (QED) is 0.322.